The molecule has 0 bridgehead atoms. The first kappa shape index (κ1) is 16.7. The molecule has 138 valence electrons. The third-order valence-electron chi connectivity index (χ3n) is 5.12. The van der Waals surface area contributed by atoms with Crippen LogP contribution in [0.15, 0.2) is 23.0 Å². The van der Waals surface area contributed by atoms with Gasteiger partial charge < -0.3 is 19.9 Å². The number of nitrogens with zero attached hydrogens (tertiary/aromatic N) is 1. The number of aromatic nitrogens is 2. The number of benzene rings is 1. The van der Waals surface area contributed by atoms with Gasteiger partial charge in [0.1, 0.15) is 5.82 Å². The minimum Gasteiger partial charge on any atom is -0.504 e. The van der Waals surface area contributed by atoms with Gasteiger partial charge in [0, 0.05) is 25.6 Å². The van der Waals surface area contributed by atoms with E-state index in [1.807, 2.05) is 0 Å². The van der Waals surface area contributed by atoms with Crippen LogP contribution in [-0.2, 0) is 9.53 Å². The van der Waals surface area contributed by atoms with Gasteiger partial charge in [-0.1, -0.05) is 6.07 Å². The summed E-state index contributed by atoms with van der Waals surface area (Å²) in [7, 11) is 1.46. The molecule has 0 saturated carbocycles. The first-order valence-electron chi connectivity index (χ1n) is 8.67. The maximum atomic E-state index is 12.7. The summed E-state index contributed by atoms with van der Waals surface area (Å²) in [5.41, 5.74) is 1.10. The molecule has 1 saturated heterocycles. The van der Waals surface area contributed by atoms with Crippen molar-refractivity contribution in [3.63, 3.8) is 0 Å². The number of amides is 1. The number of fused-ring (bicyclic) bond motifs is 1. The molecule has 8 nitrogen and oxygen atoms in total. The molecule has 1 atom stereocenters. The van der Waals surface area contributed by atoms with Gasteiger partial charge >= 0.3 is 0 Å². The lowest BCUT2D eigenvalue weighted by Crippen LogP contribution is -2.28. The molecule has 1 aromatic heterocycles. The van der Waals surface area contributed by atoms with Crippen LogP contribution in [0.3, 0.4) is 0 Å². The van der Waals surface area contributed by atoms with Crippen molar-refractivity contribution in [3.8, 4) is 11.5 Å². The van der Waals surface area contributed by atoms with E-state index in [9.17, 15) is 14.7 Å². The predicted octanol–water partition coefficient (Wildman–Crippen LogP) is 1.72. The smallest absolute Gasteiger partial charge is 0.270 e. The fraction of sp³-hybridized carbons (Fsp3) is 0.444. The van der Waals surface area contributed by atoms with Crippen LogP contribution >= 0.6 is 0 Å². The first-order valence-corrected chi connectivity index (χ1v) is 8.67. The fourth-order valence-electron chi connectivity index (χ4n) is 3.80. The fourth-order valence-corrected chi connectivity index (χ4v) is 3.80. The lowest BCUT2D eigenvalue weighted by molar-refractivity contribution is -0.116. The Morgan fingerprint density at radius 2 is 2.04 bits per heavy atom. The number of carbonyl (C=O) groups excluding carboxylic acids is 1. The van der Waals surface area contributed by atoms with Crippen LogP contribution in [-0.4, -0.2) is 41.1 Å². The Balaban J connectivity index is 1.80. The number of phenolic OH excluding ortho intramolecular Hbond substituents is 1. The highest BCUT2D eigenvalue weighted by molar-refractivity contribution is 5.94. The quantitative estimate of drug-likeness (QED) is 0.774. The van der Waals surface area contributed by atoms with Crippen LogP contribution in [0.5, 0.6) is 11.5 Å². The summed E-state index contributed by atoms with van der Waals surface area (Å²) < 4.78 is 12.3. The van der Waals surface area contributed by atoms with E-state index in [2.05, 4.69) is 10.4 Å². The second-order valence-electron chi connectivity index (χ2n) is 6.65. The van der Waals surface area contributed by atoms with E-state index in [4.69, 9.17) is 9.47 Å². The molecular formula is C18H21N3O5. The zero-order chi connectivity index (χ0) is 18.3. The van der Waals surface area contributed by atoms with Crippen LogP contribution in [0.25, 0.3) is 0 Å². The van der Waals surface area contributed by atoms with E-state index < -0.39 is 5.92 Å². The third kappa shape index (κ3) is 2.76. The maximum Gasteiger partial charge on any atom is 0.270 e. The second-order valence-corrected chi connectivity index (χ2v) is 6.65. The summed E-state index contributed by atoms with van der Waals surface area (Å²) in [4.78, 5) is 25.0. The Kier molecular flexibility index (Phi) is 4.20. The normalized spacial score (nSPS) is 20.5. The Bertz CT molecular complexity index is 895. The van der Waals surface area contributed by atoms with Gasteiger partial charge in [0.25, 0.3) is 5.56 Å². The molecular weight excluding hydrogens is 338 g/mol. The Morgan fingerprint density at radius 1 is 1.27 bits per heavy atom. The van der Waals surface area contributed by atoms with Crippen LogP contribution in [0.2, 0.25) is 0 Å². The van der Waals surface area contributed by atoms with E-state index in [0.717, 1.165) is 18.4 Å². The number of rotatable bonds is 3. The van der Waals surface area contributed by atoms with E-state index >= 15 is 0 Å². The topological polar surface area (TPSA) is 106 Å². The summed E-state index contributed by atoms with van der Waals surface area (Å²) in [6, 6.07) is 5.00. The van der Waals surface area contributed by atoms with Crippen LogP contribution in [0.1, 0.15) is 42.3 Å². The molecule has 0 spiro atoms. The number of methoxy groups -OCH3 is 1. The van der Waals surface area contributed by atoms with E-state index in [1.165, 1.54) is 13.2 Å². The number of aromatic amines is 1. The van der Waals surface area contributed by atoms with Crippen LogP contribution in [0, 0.1) is 0 Å². The van der Waals surface area contributed by atoms with Gasteiger partial charge in [-0.15, -0.1) is 0 Å². The summed E-state index contributed by atoms with van der Waals surface area (Å²) in [5, 5.41) is 15.6. The Labute approximate surface area is 149 Å². The third-order valence-corrected chi connectivity index (χ3v) is 5.12. The summed E-state index contributed by atoms with van der Waals surface area (Å²) in [6.07, 6.45) is 1.73. The number of carbonyl (C=O) groups is 1. The van der Waals surface area contributed by atoms with Crippen LogP contribution < -0.4 is 15.6 Å². The van der Waals surface area contributed by atoms with Gasteiger partial charge in [-0.3, -0.25) is 19.4 Å². The average Bonchev–Trinajstić information content (AvgIpc) is 2.98. The summed E-state index contributed by atoms with van der Waals surface area (Å²) >= 11 is 0. The molecule has 26 heavy (non-hydrogen) atoms. The van der Waals surface area contributed by atoms with Gasteiger partial charge in [-0.2, -0.15) is 0 Å². The van der Waals surface area contributed by atoms with E-state index in [1.54, 1.807) is 16.8 Å². The molecule has 8 heteroatoms. The highest BCUT2D eigenvalue weighted by atomic mass is 16.5. The average molecular weight is 359 g/mol. The molecule has 4 rings (SSSR count). The van der Waals surface area contributed by atoms with Gasteiger partial charge in [-0.25, -0.2) is 0 Å². The minimum absolute atomic E-state index is 0.0189. The van der Waals surface area contributed by atoms with E-state index in [0.29, 0.717) is 30.3 Å². The number of anilines is 1. The van der Waals surface area contributed by atoms with Crippen molar-refractivity contribution in [1.29, 1.82) is 0 Å². The van der Waals surface area contributed by atoms with Crippen molar-refractivity contribution in [3.05, 3.63) is 39.7 Å². The second kappa shape index (κ2) is 6.53. The summed E-state index contributed by atoms with van der Waals surface area (Å²) in [5.74, 6) is 0.336. The van der Waals surface area contributed by atoms with Crippen molar-refractivity contribution in [2.75, 3.05) is 25.6 Å². The molecule has 1 aromatic carbocycles. The molecule has 1 amide bonds. The SMILES string of the molecule is COc1cc([C@H]2CC(=O)Nc3c2c(=O)[nH]n3C2CCOCC2)ccc1O. The lowest BCUT2D eigenvalue weighted by atomic mass is 9.87. The van der Waals surface area contributed by atoms with Crippen LogP contribution in [0.4, 0.5) is 5.82 Å². The molecule has 3 N–H and O–H groups in total. The minimum atomic E-state index is -0.391. The number of H-pyrrole nitrogens is 1. The van der Waals surface area contributed by atoms with Crippen molar-refractivity contribution in [1.82, 2.24) is 9.78 Å². The van der Waals surface area contributed by atoms with Gasteiger partial charge in [0.2, 0.25) is 5.91 Å². The van der Waals surface area contributed by atoms with Crippen molar-refractivity contribution in [2.45, 2.75) is 31.2 Å². The number of ether oxygens (including phenoxy) is 2. The number of phenols is 1. The van der Waals surface area contributed by atoms with Gasteiger partial charge in [0.15, 0.2) is 11.5 Å². The van der Waals surface area contributed by atoms with Crippen molar-refractivity contribution >= 4 is 11.7 Å². The molecule has 0 unspecified atom stereocenters. The molecule has 1 fully saturated rings. The predicted molar refractivity (Wildman–Crippen MR) is 93.9 cm³/mol. The highest BCUT2D eigenvalue weighted by Gasteiger charge is 2.34. The van der Waals surface area contributed by atoms with Crippen molar-refractivity contribution in [2.24, 2.45) is 0 Å². The number of aromatic hydroxyl groups is 1. The Hall–Kier alpha value is -2.74. The molecule has 0 radical (unpaired) electrons. The molecule has 0 aliphatic carbocycles. The first-order chi connectivity index (χ1) is 12.6. The Morgan fingerprint density at radius 3 is 2.77 bits per heavy atom. The molecule has 2 aliphatic rings. The molecule has 2 aliphatic heterocycles. The number of hydrogen-bond acceptors (Lipinski definition) is 5. The molecule has 2 aromatic rings. The maximum absolute atomic E-state index is 12.7. The highest BCUT2D eigenvalue weighted by Crippen LogP contribution is 2.39. The number of nitrogens with one attached hydrogen (secondary N) is 2. The van der Waals surface area contributed by atoms with Crippen molar-refractivity contribution < 1.29 is 19.4 Å². The zero-order valence-electron chi connectivity index (χ0n) is 14.4. The lowest BCUT2D eigenvalue weighted by Gasteiger charge is -2.28. The van der Waals surface area contributed by atoms with Gasteiger partial charge in [0.05, 0.1) is 18.7 Å². The van der Waals surface area contributed by atoms with E-state index in [-0.39, 0.29) is 29.7 Å². The summed E-state index contributed by atoms with van der Waals surface area (Å²) in [6.45, 7) is 1.26. The number of hydrogen-bond donors (Lipinski definition) is 3. The van der Waals surface area contributed by atoms with Gasteiger partial charge in [-0.05, 0) is 30.5 Å². The molecule has 3 heterocycles. The largest absolute Gasteiger partial charge is 0.504 e. The zero-order valence-corrected chi connectivity index (χ0v) is 14.4. The standard InChI is InChI=1S/C18H21N3O5/c1-25-14-8-10(2-3-13(14)22)12-9-15(23)19-17-16(12)18(24)20-21(17)11-4-6-26-7-5-11/h2-3,8,11-12,22H,4-7,9H2,1H3,(H,19,23)(H,20,24)/t12-/m1/s1. The monoisotopic (exact) mass is 359 g/mol.